The van der Waals surface area contributed by atoms with E-state index >= 15 is 0 Å². The molecule has 0 N–H and O–H groups in total. The van der Waals surface area contributed by atoms with Crippen molar-refractivity contribution in [2.75, 3.05) is 0 Å². The van der Waals surface area contributed by atoms with Gasteiger partial charge < -0.3 is 0 Å². The van der Waals surface area contributed by atoms with Gasteiger partial charge >= 0.3 is 37.9 Å². The van der Waals surface area contributed by atoms with Crippen molar-refractivity contribution < 1.29 is 20.8 Å². The average molecular weight is 757 g/mol. The molecule has 4 heteroatoms. The Bertz CT molecular complexity index is 1780. The second kappa shape index (κ2) is 18.5. The van der Waals surface area contributed by atoms with Crippen molar-refractivity contribution >= 4 is 48.1 Å². The Balaban J connectivity index is 0.000000221. The molecule has 6 aromatic rings. The fourth-order valence-corrected chi connectivity index (χ4v) is 5.70. The van der Waals surface area contributed by atoms with E-state index in [1.807, 2.05) is 0 Å². The van der Waals surface area contributed by atoms with Crippen LogP contribution in [-0.4, -0.2) is 9.52 Å². The van der Waals surface area contributed by atoms with Crippen LogP contribution in [0.4, 0.5) is 0 Å². The molecule has 0 saturated heterocycles. The van der Waals surface area contributed by atoms with E-state index in [1.165, 1.54) is 66.9 Å². The van der Waals surface area contributed by atoms with E-state index in [0.29, 0.717) is 0 Å². The molecule has 0 bridgehead atoms. The van der Waals surface area contributed by atoms with E-state index in [9.17, 15) is 0 Å². The van der Waals surface area contributed by atoms with Crippen molar-refractivity contribution in [3.05, 3.63) is 132 Å². The van der Waals surface area contributed by atoms with Crippen LogP contribution >= 0.6 is 17.0 Å². The molecule has 47 heavy (non-hydrogen) atoms. The number of halogens is 2. The quantitative estimate of drug-likeness (QED) is 0.124. The standard InChI is InChI=1S/C22H25.C19H19.C2H6Si.2ClH.Zr/c1-5-7-16-14-18-8-6-9-20(21(18)15-16)17-10-12-19(13-11-17)22(2,3)4;1-19(2,3)16-12-10-15(11-13-16)18-9-5-7-14-6-4-8-17(14)18;1-3-2;;;/h6,8-15H,5,7H2,1-4H3;4-13H,1-3H3;1-2H3;2*1H;/q2*-1;;;;+4/p-2. The number of rotatable bonds is 4. The van der Waals surface area contributed by atoms with Gasteiger partial charge in [-0.3, -0.25) is 0 Å². The van der Waals surface area contributed by atoms with E-state index in [4.69, 9.17) is 17.0 Å². The second-order valence-corrected chi connectivity index (χ2v) is 18.7. The van der Waals surface area contributed by atoms with Gasteiger partial charge in [0.1, 0.15) is 0 Å². The molecule has 0 aliphatic rings. The molecule has 6 rings (SSSR count). The van der Waals surface area contributed by atoms with Gasteiger partial charge in [0.05, 0.1) is 0 Å². The third-order valence-electron chi connectivity index (χ3n) is 8.15. The second-order valence-electron chi connectivity index (χ2n) is 14.0. The number of hydrogen-bond donors (Lipinski definition) is 0. The molecule has 0 fully saturated rings. The van der Waals surface area contributed by atoms with Crippen LogP contribution in [0.3, 0.4) is 0 Å². The van der Waals surface area contributed by atoms with Crippen molar-refractivity contribution in [3.63, 3.8) is 0 Å². The molecule has 244 valence electrons. The molecule has 0 aliphatic heterocycles. The molecule has 0 atom stereocenters. The van der Waals surface area contributed by atoms with Crippen LogP contribution in [0.25, 0.3) is 43.8 Å². The first-order valence-corrected chi connectivity index (χ1v) is 24.8. The van der Waals surface area contributed by atoms with Gasteiger partial charge in [0.2, 0.25) is 0 Å². The summed E-state index contributed by atoms with van der Waals surface area (Å²) < 4.78 is 0. The normalized spacial score (nSPS) is 11.0. The Morgan fingerprint density at radius 2 is 1.09 bits per heavy atom. The van der Waals surface area contributed by atoms with Gasteiger partial charge in [0.15, 0.2) is 0 Å². The van der Waals surface area contributed by atoms with Crippen molar-refractivity contribution in [1.82, 2.24) is 0 Å². The van der Waals surface area contributed by atoms with Crippen LogP contribution in [0.1, 0.15) is 71.6 Å². The minimum absolute atomic E-state index is 0.207. The predicted octanol–water partition coefficient (Wildman–Crippen LogP) is 14.2. The summed E-state index contributed by atoms with van der Waals surface area (Å²) in [6.07, 6.45) is 2.36. The van der Waals surface area contributed by atoms with Gasteiger partial charge in [-0.2, -0.15) is 18.2 Å². The summed E-state index contributed by atoms with van der Waals surface area (Å²) in [5, 5.41) is 5.40. The van der Waals surface area contributed by atoms with Crippen LogP contribution in [0.15, 0.2) is 115 Å². The Kier molecular flexibility index (Phi) is 15.5. The van der Waals surface area contributed by atoms with E-state index in [-0.39, 0.29) is 10.8 Å². The number of hydrogen-bond acceptors (Lipinski definition) is 0. The number of benzene rings is 4. The van der Waals surface area contributed by atoms with Crippen LogP contribution < -0.4 is 0 Å². The fraction of sp³-hybridized carbons (Fsp3) is 0.302. The predicted molar refractivity (Wildman–Crippen MR) is 211 cm³/mol. The van der Waals surface area contributed by atoms with Crippen LogP contribution in [0, 0.1) is 0 Å². The number of aryl methyl sites for hydroxylation is 1. The van der Waals surface area contributed by atoms with Crippen molar-refractivity contribution in [2.24, 2.45) is 0 Å². The fourth-order valence-electron chi connectivity index (χ4n) is 5.70. The summed E-state index contributed by atoms with van der Waals surface area (Å²) in [4.78, 5) is 0. The molecule has 0 spiro atoms. The summed E-state index contributed by atoms with van der Waals surface area (Å²) in [5.41, 5.74) is 9.92. The molecule has 0 nitrogen and oxygen atoms in total. The molecular formula is C43H50Cl2SiZr. The van der Waals surface area contributed by atoms with Crippen molar-refractivity contribution in [1.29, 1.82) is 0 Å². The first kappa shape index (κ1) is 39.2. The third-order valence-corrected chi connectivity index (χ3v) is 8.15. The van der Waals surface area contributed by atoms with E-state index in [0.717, 1.165) is 15.9 Å². The average Bonchev–Trinajstić information content (AvgIpc) is 3.69. The Hall–Kier alpha value is -2.22. The molecule has 0 unspecified atom stereocenters. The minimum atomic E-state index is -0.826. The Morgan fingerprint density at radius 1 is 0.638 bits per heavy atom. The molecular weight excluding hydrogens is 707 g/mol. The van der Waals surface area contributed by atoms with Gasteiger partial charge in [0.25, 0.3) is 0 Å². The summed E-state index contributed by atoms with van der Waals surface area (Å²) in [5.74, 6) is 0. The van der Waals surface area contributed by atoms with E-state index < -0.39 is 20.8 Å². The van der Waals surface area contributed by atoms with Gasteiger partial charge in [-0.25, -0.2) is 0 Å². The monoisotopic (exact) mass is 754 g/mol. The van der Waals surface area contributed by atoms with Gasteiger partial charge in [-0.15, -0.1) is 63.5 Å². The first-order chi connectivity index (χ1) is 22.4. The molecule has 0 amide bonds. The molecule has 6 aromatic carbocycles. The zero-order valence-electron chi connectivity index (χ0n) is 29.6. The van der Waals surface area contributed by atoms with Crippen LogP contribution in [0.5, 0.6) is 0 Å². The topological polar surface area (TPSA) is 0 Å². The third kappa shape index (κ3) is 11.2. The Labute approximate surface area is 306 Å². The maximum atomic E-state index is 4.93. The maximum absolute atomic E-state index is 4.93. The summed E-state index contributed by atoms with van der Waals surface area (Å²) in [6, 6.07) is 42.4. The molecule has 0 heterocycles. The van der Waals surface area contributed by atoms with Crippen molar-refractivity contribution in [3.8, 4) is 22.3 Å². The molecule has 0 saturated carbocycles. The molecule has 2 radical (unpaired) electrons. The van der Waals surface area contributed by atoms with Gasteiger partial charge in [-0.1, -0.05) is 140 Å². The van der Waals surface area contributed by atoms with E-state index in [2.05, 4.69) is 177 Å². The summed E-state index contributed by atoms with van der Waals surface area (Å²) in [7, 11) is 11.0. The summed E-state index contributed by atoms with van der Waals surface area (Å²) >= 11 is -0.826. The number of fused-ring (bicyclic) bond motifs is 2. The van der Waals surface area contributed by atoms with Crippen LogP contribution in [0.2, 0.25) is 13.1 Å². The van der Waals surface area contributed by atoms with Gasteiger partial charge in [0, 0.05) is 9.52 Å². The zero-order chi connectivity index (χ0) is 34.6. The van der Waals surface area contributed by atoms with E-state index in [1.54, 1.807) is 0 Å². The molecule has 0 aliphatic carbocycles. The Morgan fingerprint density at radius 3 is 1.53 bits per heavy atom. The SMILES string of the molecule is CC(C)(C)c1ccc(-c2cccc3[cH-]ccc23)cc1.CCCc1cc2c(-c3ccc(C(C)(C)C)cc3)cccc2[cH-]1.C[Si]C.[Cl][Zr+2][Cl]. The van der Waals surface area contributed by atoms with Gasteiger partial charge in [-0.05, 0) is 39.5 Å². The van der Waals surface area contributed by atoms with Crippen LogP contribution in [-0.2, 0) is 38.1 Å². The zero-order valence-corrected chi connectivity index (χ0v) is 34.6. The summed E-state index contributed by atoms with van der Waals surface area (Å²) in [6.45, 7) is 20.1. The molecule has 0 aromatic heterocycles. The van der Waals surface area contributed by atoms with Crippen molar-refractivity contribution in [2.45, 2.75) is 85.2 Å². The first-order valence-electron chi connectivity index (χ1n) is 16.5.